The van der Waals surface area contributed by atoms with E-state index in [1.165, 1.54) is 24.3 Å². The van der Waals surface area contributed by atoms with Gasteiger partial charge in [0.05, 0.1) is 10.8 Å². The van der Waals surface area contributed by atoms with Crippen LogP contribution in [0.4, 0.5) is 5.69 Å². The van der Waals surface area contributed by atoms with Crippen molar-refractivity contribution in [2.45, 2.75) is 26.7 Å². The van der Waals surface area contributed by atoms with Crippen molar-refractivity contribution in [3.05, 3.63) is 39.9 Å². The first-order valence-corrected chi connectivity index (χ1v) is 6.40. The predicted molar refractivity (Wildman–Crippen MR) is 72.5 cm³/mol. The quantitative estimate of drug-likeness (QED) is 0.331. The minimum absolute atomic E-state index is 0.0879. The van der Waals surface area contributed by atoms with Crippen LogP contribution in [0.25, 0.3) is 0 Å². The number of rotatable bonds is 7. The lowest BCUT2D eigenvalue weighted by Gasteiger charge is -2.09. The van der Waals surface area contributed by atoms with Crippen LogP contribution < -0.4 is 0 Å². The highest BCUT2D eigenvalue weighted by Gasteiger charge is 2.16. The standard InChI is InChI=1S/C14H17NO5/c1-3-4-10(2)14(17)20-9-13(16)11-5-7-12(8-6-11)15(18)19/h5-8,10H,3-4,9H2,1-2H3. The molecule has 1 aromatic carbocycles. The van der Waals surface area contributed by atoms with Crippen LogP contribution in [0.1, 0.15) is 37.0 Å². The highest BCUT2D eigenvalue weighted by molar-refractivity contribution is 5.98. The first-order chi connectivity index (χ1) is 9.45. The molecule has 0 amide bonds. The third-order valence-electron chi connectivity index (χ3n) is 2.87. The van der Waals surface area contributed by atoms with E-state index in [0.717, 1.165) is 6.42 Å². The summed E-state index contributed by atoms with van der Waals surface area (Å²) in [7, 11) is 0. The summed E-state index contributed by atoms with van der Waals surface area (Å²) in [5.41, 5.74) is 0.196. The van der Waals surface area contributed by atoms with Gasteiger partial charge < -0.3 is 4.74 Å². The van der Waals surface area contributed by atoms with E-state index in [1.54, 1.807) is 6.92 Å². The fraction of sp³-hybridized carbons (Fsp3) is 0.429. The van der Waals surface area contributed by atoms with Crippen molar-refractivity contribution in [3.8, 4) is 0 Å². The number of hydrogen-bond donors (Lipinski definition) is 0. The van der Waals surface area contributed by atoms with Gasteiger partial charge in [0.25, 0.3) is 5.69 Å². The third-order valence-corrected chi connectivity index (χ3v) is 2.87. The van der Waals surface area contributed by atoms with Gasteiger partial charge in [0.1, 0.15) is 0 Å². The van der Waals surface area contributed by atoms with Gasteiger partial charge in [0, 0.05) is 17.7 Å². The molecule has 0 radical (unpaired) electrons. The summed E-state index contributed by atoms with van der Waals surface area (Å²) in [4.78, 5) is 33.3. The second-order valence-electron chi connectivity index (χ2n) is 4.52. The summed E-state index contributed by atoms with van der Waals surface area (Å²) in [5, 5.41) is 10.5. The number of carbonyl (C=O) groups excluding carboxylic acids is 2. The Morgan fingerprint density at radius 1 is 1.30 bits per heavy atom. The number of nitro groups is 1. The summed E-state index contributed by atoms with van der Waals surface area (Å²) >= 11 is 0. The second kappa shape index (κ2) is 7.37. The summed E-state index contributed by atoms with van der Waals surface area (Å²) in [6, 6.07) is 5.19. The lowest BCUT2D eigenvalue weighted by Crippen LogP contribution is -2.19. The Labute approximate surface area is 116 Å². The largest absolute Gasteiger partial charge is 0.457 e. The molecule has 0 bridgehead atoms. The molecular formula is C14H17NO5. The lowest BCUT2D eigenvalue weighted by atomic mass is 10.1. The number of hydrogen-bond acceptors (Lipinski definition) is 5. The molecule has 6 heteroatoms. The van der Waals surface area contributed by atoms with Crippen molar-refractivity contribution in [1.29, 1.82) is 0 Å². The zero-order chi connectivity index (χ0) is 15.1. The molecule has 0 aromatic heterocycles. The molecule has 1 rings (SSSR count). The average molecular weight is 279 g/mol. The summed E-state index contributed by atoms with van der Waals surface area (Å²) < 4.78 is 4.93. The smallest absolute Gasteiger partial charge is 0.309 e. The van der Waals surface area contributed by atoms with Crippen LogP contribution >= 0.6 is 0 Å². The van der Waals surface area contributed by atoms with Gasteiger partial charge in [-0.15, -0.1) is 0 Å². The number of nitrogens with zero attached hydrogens (tertiary/aromatic N) is 1. The maximum absolute atomic E-state index is 11.8. The van der Waals surface area contributed by atoms with Crippen LogP contribution in [-0.2, 0) is 9.53 Å². The van der Waals surface area contributed by atoms with Crippen LogP contribution in [0.15, 0.2) is 24.3 Å². The molecule has 0 spiro atoms. The minimum Gasteiger partial charge on any atom is -0.457 e. The van der Waals surface area contributed by atoms with E-state index in [2.05, 4.69) is 0 Å². The molecule has 1 unspecified atom stereocenters. The molecule has 0 heterocycles. The molecular weight excluding hydrogens is 262 g/mol. The lowest BCUT2D eigenvalue weighted by molar-refractivity contribution is -0.384. The van der Waals surface area contributed by atoms with E-state index in [0.29, 0.717) is 6.42 Å². The SMILES string of the molecule is CCCC(C)C(=O)OCC(=O)c1ccc([N+](=O)[O-])cc1. The summed E-state index contributed by atoms with van der Waals surface area (Å²) in [6.07, 6.45) is 1.58. The predicted octanol–water partition coefficient (Wildman–Crippen LogP) is 2.76. The highest BCUT2D eigenvalue weighted by atomic mass is 16.6. The molecule has 1 aromatic rings. The van der Waals surface area contributed by atoms with Gasteiger partial charge in [0.15, 0.2) is 12.4 Å². The molecule has 0 N–H and O–H groups in total. The van der Waals surface area contributed by atoms with Crippen molar-refractivity contribution < 1.29 is 19.2 Å². The van der Waals surface area contributed by atoms with Crippen molar-refractivity contribution in [3.63, 3.8) is 0 Å². The number of esters is 1. The minimum atomic E-state index is -0.541. The highest BCUT2D eigenvalue weighted by Crippen LogP contribution is 2.13. The zero-order valence-electron chi connectivity index (χ0n) is 11.5. The van der Waals surface area contributed by atoms with Gasteiger partial charge in [-0.05, 0) is 18.6 Å². The number of ketones is 1. The van der Waals surface area contributed by atoms with E-state index in [-0.39, 0.29) is 29.6 Å². The van der Waals surface area contributed by atoms with Crippen molar-refractivity contribution >= 4 is 17.4 Å². The van der Waals surface area contributed by atoms with Crippen molar-refractivity contribution in [2.75, 3.05) is 6.61 Å². The van der Waals surface area contributed by atoms with Gasteiger partial charge in [-0.1, -0.05) is 20.3 Å². The molecule has 0 saturated heterocycles. The molecule has 6 nitrogen and oxygen atoms in total. The molecule has 0 fully saturated rings. The maximum Gasteiger partial charge on any atom is 0.309 e. The van der Waals surface area contributed by atoms with Gasteiger partial charge in [0.2, 0.25) is 0 Å². The number of benzene rings is 1. The normalized spacial score (nSPS) is 11.7. The van der Waals surface area contributed by atoms with Crippen LogP contribution in [0.2, 0.25) is 0 Å². The van der Waals surface area contributed by atoms with Crippen LogP contribution in [0, 0.1) is 16.0 Å². The fourth-order valence-electron chi connectivity index (χ4n) is 1.68. The average Bonchev–Trinajstić information content (AvgIpc) is 2.44. The van der Waals surface area contributed by atoms with Gasteiger partial charge in [-0.25, -0.2) is 0 Å². The number of Topliss-reactive ketones (excluding diaryl/α,β-unsaturated/α-hetero) is 1. The van der Waals surface area contributed by atoms with Gasteiger partial charge in [-0.2, -0.15) is 0 Å². The van der Waals surface area contributed by atoms with Crippen LogP contribution in [0.5, 0.6) is 0 Å². The molecule has 108 valence electrons. The Bertz CT molecular complexity index is 495. The van der Waals surface area contributed by atoms with Crippen LogP contribution in [-0.4, -0.2) is 23.3 Å². The Kier molecular flexibility index (Phi) is 5.83. The van der Waals surface area contributed by atoms with E-state index in [4.69, 9.17) is 4.74 Å². The van der Waals surface area contributed by atoms with Crippen molar-refractivity contribution in [2.24, 2.45) is 5.92 Å². The molecule has 1 atom stereocenters. The topological polar surface area (TPSA) is 86.5 Å². The van der Waals surface area contributed by atoms with Gasteiger partial charge in [-0.3, -0.25) is 19.7 Å². The van der Waals surface area contributed by atoms with Gasteiger partial charge >= 0.3 is 5.97 Å². The Morgan fingerprint density at radius 3 is 2.40 bits per heavy atom. The van der Waals surface area contributed by atoms with E-state index >= 15 is 0 Å². The third kappa shape index (κ3) is 4.46. The summed E-state index contributed by atoms with van der Waals surface area (Å²) in [6.45, 7) is 3.37. The second-order valence-corrected chi connectivity index (χ2v) is 4.52. The summed E-state index contributed by atoms with van der Waals surface area (Å²) in [5.74, 6) is -1.01. The first-order valence-electron chi connectivity index (χ1n) is 6.40. The number of nitro benzene ring substituents is 1. The van der Waals surface area contributed by atoms with E-state index in [9.17, 15) is 19.7 Å². The molecule has 20 heavy (non-hydrogen) atoms. The zero-order valence-corrected chi connectivity index (χ0v) is 11.5. The van der Waals surface area contributed by atoms with Crippen LogP contribution in [0.3, 0.4) is 0 Å². The van der Waals surface area contributed by atoms with E-state index < -0.39 is 10.9 Å². The Hall–Kier alpha value is -2.24. The molecule has 0 aliphatic heterocycles. The Morgan fingerprint density at radius 2 is 1.90 bits per heavy atom. The monoisotopic (exact) mass is 279 g/mol. The molecule has 0 aliphatic rings. The molecule has 0 aliphatic carbocycles. The fourth-order valence-corrected chi connectivity index (χ4v) is 1.68. The number of non-ortho nitro benzene ring substituents is 1. The number of ether oxygens (including phenoxy) is 1. The maximum atomic E-state index is 11.8. The van der Waals surface area contributed by atoms with E-state index in [1.807, 2.05) is 6.92 Å². The molecule has 0 saturated carbocycles. The van der Waals surface area contributed by atoms with Crippen molar-refractivity contribution in [1.82, 2.24) is 0 Å². The first kappa shape index (κ1) is 15.8. The number of carbonyl (C=O) groups is 2. The Balaban J connectivity index is 2.54.